The van der Waals surface area contributed by atoms with Crippen molar-refractivity contribution in [3.63, 3.8) is 0 Å². The van der Waals surface area contributed by atoms with E-state index in [0.717, 1.165) is 10.6 Å². The van der Waals surface area contributed by atoms with Crippen molar-refractivity contribution < 1.29 is 8.42 Å². The van der Waals surface area contributed by atoms with Gasteiger partial charge < -0.3 is 5.73 Å². The van der Waals surface area contributed by atoms with Crippen molar-refractivity contribution in [2.45, 2.75) is 32.1 Å². The Labute approximate surface area is 94.4 Å². The Balaban J connectivity index is 3.03. The van der Waals surface area contributed by atoms with E-state index in [2.05, 4.69) is 4.98 Å². The van der Waals surface area contributed by atoms with E-state index in [1.807, 2.05) is 13.8 Å². The normalized spacial score (nSPS) is 12.3. The summed E-state index contributed by atoms with van der Waals surface area (Å²) in [7, 11) is -3.01. The molecule has 0 aromatic carbocycles. The lowest BCUT2D eigenvalue weighted by Gasteiger charge is -2.01. The molecule has 0 saturated carbocycles. The van der Waals surface area contributed by atoms with Gasteiger partial charge in [0, 0.05) is 17.7 Å². The summed E-state index contributed by atoms with van der Waals surface area (Å²) in [6, 6.07) is 0. The molecule has 1 aromatic rings. The minimum atomic E-state index is -3.01. The fourth-order valence-corrected chi connectivity index (χ4v) is 3.59. The maximum Gasteiger partial charge on any atom is 0.153 e. The van der Waals surface area contributed by atoms with Gasteiger partial charge in [0.1, 0.15) is 10.8 Å². The molecule has 4 nitrogen and oxygen atoms in total. The van der Waals surface area contributed by atoms with E-state index in [-0.39, 0.29) is 11.7 Å². The van der Waals surface area contributed by atoms with Gasteiger partial charge in [-0.2, -0.15) is 0 Å². The van der Waals surface area contributed by atoms with Gasteiger partial charge in [-0.05, 0) is 5.92 Å². The second kappa shape index (κ2) is 4.59. The van der Waals surface area contributed by atoms with Gasteiger partial charge in [-0.15, -0.1) is 11.3 Å². The third-order valence-corrected chi connectivity index (χ3v) is 3.96. The first kappa shape index (κ1) is 12.6. The second-order valence-electron chi connectivity index (χ2n) is 3.84. The summed E-state index contributed by atoms with van der Waals surface area (Å²) in [5, 5.41) is 0.640. The van der Waals surface area contributed by atoms with E-state index in [1.54, 1.807) is 0 Å². The van der Waals surface area contributed by atoms with Crippen molar-refractivity contribution in [3.05, 3.63) is 15.6 Å². The molecular weight excluding hydrogens is 232 g/mol. The molecule has 86 valence electrons. The number of rotatable bonds is 4. The van der Waals surface area contributed by atoms with E-state index < -0.39 is 9.84 Å². The molecule has 15 heavy (non-hydrogen) atoms. The van der Waals surface area contributed by atoms with Crippen LogP contribution in [-0.4, -0.2) is 19.7 Å². The Hall–Kier alpha value is -0.460. The molecule has 0 amide bonds. The number of nitrogens with two attached hydrogens (primary N) is 1. The minimum absolute atomic E-state index is 0.0113. The van der Waals surface area contributed by atoms with Crippen LogP contribution in [0.2, 0.25) is 0 Å². The zero-order chi connectivity index (χ0) is 11.6. The van der Waals surface area contributed by atoms with Gasteiger partial charge in [-0.1, -0.05) is 13.8 Å². The third-order valence-electron chi connectivity index (χ3n) is 1.89. The number of nitrogens with zero attached hydrogens (tertiary/aromatic N) is 1. The van der Waals surface area contributed by atoms with E-state index in [9.17, 15) is 8.42 Å². The summed E-state index contributed by atoms with van der Waals surface area (Å²) < 4.78 is 22.2. The predicted molar refractivity (Wildman–Crippen MR) is 62.6 cm³/mol. The van der Waals surface area contributed by atoms with Crippen LogP contribution in [0, 0.1) is 0 Å². The van der Waals surface area contributed by atoms with Gasteiger partial charge in [0.05, 0.1) is 5.69 Å². The fourth-order valence-electron chi connectivity index (χ4n) is 1.30. The molecule has 0 aliphatic carbocycles. The van der Waals surface area contributed by atoms with E-state index in [1.165, 1.54) is 17.6 Å². The Morgan fingerprint density at radius 3 is 2.40 bits per heavy atom. The van der Waals surface area contributed by atoms with Gasteiger partial charge in [0.15, 0.2) is 9.84 Å². The van der Waals surface area contributed by atoms with E-state index in [4.69, 9.17) is 5.73 Å². The molecule has 0 bridgehead atoms. The first-order valence-corrected chi connectivity index (χ1v) is 7.57. The number of thiazole rings is 1. The standard InChI is InChI=1S/C9H16N2O2S2/c1-6(2)9-7(4-10)14-8(11-9)5-15(3,12)13/h6H,4-5,10H2,1-3H3. The molecular formula is C9H16N2O2S2. The van der Waals surface area contributed by atoms with Crippen molar-refractivity contribution in [1.82, 2.24) is 4.98 Å². The van der Waals surface area contributed by atoms with Crippen LogP contribution in [0.5, 0.6) is 0 Å². The summed E-state index contributed by atoms with van der Waals surface area (Å²) >= 11 is 1.40. The maximum absolute atomic E-state index is 11.1. The van der Waals surface area contributed by atoms with Crippen molar-refractivity contribution >= 4 is 21.2 Å². The molecule has 0 aliphatic heterocycles. The lowest BCUT2D eigenvalue weighted by Crippen LogP contribution is -2.01. The summed E-state index contributed by atoms with van der Waals surface area (Å²) in [4.78, 5) is 5.31. The fraction of sp³-hybridized carbons (Fsp3) is 0.667. The molecule has 6 heteroatoms. The Morgan fingerprint density at radius 2 is 2.07 bits per heavy atom. The van der Waals surface area contributed by atoms with Crippen LogP contribution in [0.1, 0.15) is 35.3 Å². The van der Waals surface area contributed by atoms with Crippen molar-refractivity contribution in [3.8, 4) is 0 Å². The molecule has 1 rings (SSSR count). The molecule has 2 N–H and O–H groups in total. The first-order valence-electron chi connectivity index (χ1n) is 4.69. The van der Waals surface area contributed by atoms with Crippen LogP contribution >= 0.6 is 11.3 Å². The minimum Gasteiger partial charge on any atom is -0.326 e. The summed E-state index contributed by atoms with van der Waals surface area (Å²) in [5.74, 6) is 0.297. The zero-order valence-electron chi connectivity index (χ0n) is 9.15. The average Bonchev–Trinajstić information content (AvgIpc) is 2.44. The number of hydrogen-bond acceptors (Lipinski definition) is 5. The van der Waals surface area contributed by atoms with Crippen molar-refractivity contribution in [2.24, 2.45) is 5.73 Å². The largest absolute Gasteiger partial charge is 0.326 e. The first-order chi connectivity index (χ1) is 6.83. The van der Waals surface area contributed by atoms with Gasteiger partial charge in [-0.25, -0.2) is 13.4 Å². The lowest BCUT2D eigenvalue weighted by molar-refractivity contribution is 0.601. The number of hydrogen-bond donors (Lipinski definition) is 1. The quantitative estimate of drug-likeness (QED) is 0.871. The third kappa shape index (κ3) is 3.55. The Morgan fingerprint density at radius 1 is 1.47 bits per heavy atom. The highest BCUT2D eigenvalue weighted by atomic mass is 32.2. The summed E-state index contributed by atoms with van der Waals surface area (Å²) in [6.45, 7) is 4.48. The van der Waals surface area contributed by atoms with Gasteiger partial charge in [-0.3, -0.25) is 0 Å². The Bertz CT molecular complexity index is 435. The van der Waals surface area contributed by atoms with Crippen LogP contribution in [0.15, 0.2) is 0 Å². The topological polar surface area (TPSA) is 73.0 Å². The molecule has 1 heterocycles. The van der Waals surface area contributed by atoms with E-state index in [0.29, 0.717) is 11.6 Å². The average molecular weight is 248 g/mol. The molecule has 0 aliphatic rings. The molecule has 0 saturated heterocycles. The van der Waals surface area contributed by atoms with Crippen molar-refractivity contribution in [2.75, 3.05) is 6.26 Å². The van der Waals surface area contributed by atoms with Crippen LogP contribution in [0.4, 0.5) is 0 Å². The highest BCUT2D eigenvalue weighted by Crippen LogP contribution is 2.25. The molecule has 0 atom stereocenters. The molecule has 0 radical (unpaired) electrons. The smallest absolute Gasteiger partial charge is 0.153 e. The molecule has 0 unspecified atom stereocenters. The van der Waals surface area contributed by atoms with Crippen LogP contribution in [0.3, 0.4) is 0 Å². The van der Waals surface area contributed by atoms with Crippen LogP contribution < -0.4 is 5.73 Å². The SMILES string of the molecule is CC(C)c1nc(CS(C)(=O)=O)sc1CN. The molecule has 1 aromatic heterocycles. The van der Waals surface area contributed by atoms with Gasteiger partial charge >= 0.3 is 0 Å². The monoisotopic (exact) mass is 248 g/mol. The zero-order valence-corrected chi connectivity index (χ0v) is 10.8. The molecule has 0 fully saturated rings. The number of sulfone groups is 1. The summed E-state index contributed by atoms with van der Waals surface area (Å²) in [6.07, 6.45) is 1.21. The lowest BCUT2D eigenvalue weighted by atomic mass is 10.1. The number of aromatic nitrogens is 1. The van der Waals surface area contributed by atoms with Gasteiger partial charge in [0.2, 0.25) is 0 Å². The molecule has 0 spiro atoms. The maximum atomic E-state index is 11.1. The van der Waals surface area contributed by atoms with Crippen LogP contribution in [0.25, 0.3) is 0 Å². The highest BCUT2D eigenvalue weighted by Gasteiger charge is 2.15. The Kier molecular flexibility index (Phi) is 3.86. The van der Waals surface area contributed by atoms with E-state index >= 15 is 0 Å². The summed E-state index contributed by atoms with van der Waals surface area (Å²) in [5.41, 5.74) is 6.52. The van der Waals surface area contributed by atoms with Crippen LogP contribution in [-0.2, 0) is 22.1 Å². The predicted octanol–water partition coefficient (Wildman–Crippen LogP) is 1.27. The van der Waals surface area contributed by atoms with Gasteiger partial charge in [0.25, 0.3) is 0 Å². The highest BCUT2D eigenvalue weighted by molar-refractivity contribution is 7.90. The van der Waals surface area contributed by atoms with Crippen molar-refractivity contribution in [1.29, 1.82) is 0 Å². The second-order valence-corrected chi connectivity index (χ2v) is 7.15.